The maximum absolute atomic E-state index is 14.0. The second-order valence-corrected chi connectivity index (χ2v) is 9.36. The number of rotatable bonds is 2. The molecular formula is C11H14ClFN2O4S2. The fourth-order valence-electron chi connectivity index (χ4n) is 2.07. The van der Waals surface area contributed by atoms with Crippen LogP contribution in [0.4, 0.5) is 10.1 Å². The third-order valence-corrected chi connectivity index (χ3v) is 7.00. The number of nitrogen functional groups attached to an aromatic ring is 1. The Balaban J connectivity index is 2.43. The lowest BCUT2D eigenvalue weighted by Gasteiger charge is -2.20. The highest BCUT2D eigenvalue weighted by Crippen LogP contribution is 2.28. The van der Waals surface area contributed by atoms with E-state index in [9.17, 15) is 21.2 Å². The zero-order chi connectivity index (χ0) is 15.8. The summed E-state index contributed by atoms with van der Waals surface area (Å²) in [6.07, 6.45) is 0.166. The van der Waals surface area contributed by atoms with Gasteiger partial charge >= 0.3 is 0 Å². The summed E-state index contributed by atoms with van der Waals surface area (Å²) in [6, 6.07) is 2.09. The maximum atomic E-state index is 14.0. The topological polar surface area (TPSA) is 97.5 Å². The Morgan fingerprint density at radius 2 is 1.90 bits per heavy atom. The van der Waals surface area contributed by atoms with Gasteiger partial charge in [-0.25, -0.2) is 21.2 Å². The molecule has 0 amide bonds. The highest BCUT2D eigenvalue weighted by molar-refractivity contribution is 7.91. The van der Waals surface area contributed by atoms with Crippen molar-refractivity contribution in [3.63, 3.8) is 0 Å². The molecule has 0 bridgehead atoms. The van der Waals surface area contributed by atoms with Gasteiger partial charge in [-0.15, -0.1) is 0 Å². The normalized spacial score (nSPS) is 20.1. The first kappa shape index (κ1) is 16.5. The van der Waals surface area contributed by atoms with Crippen LogP contribution in [0.5, 0.6) is 0 Å². The number of sulfonamides is 1. The molecule has 1 aromatic rings. The second-order valence-electron chi connectivity index (χ2n) is 4.72. The average Bonchev–Trinajstić information content (AvgIpc) is 2.55. The van der Waals surface area contributed by atoms with Crippen molar-refractivity contribution in [1.82, 2.24) is 4.31 Å². The predicted molar refractivity (Wildman–Crippen MR) is 77.9 cm³/mol. The molecule has 118 valence electrons. The lowest BCUT2D eigenvalue weighted by atomic mass is 10.3. The van der Waals surface area contributed by atoms with E-state index >= 15 is 0 Å². The summed E-state index contributed by atoms with van der Waals surface area (Å²) >= 11 is 5.72. The van der Waals surface area contributed by atoms with Gasteiger partial charge in [0.1, 0.15) is 4.90 Å². The van der Waals surface area contributed by atoms with E-state index in [-0.39, 0.29) is 41.7 Å². The van der Waals surface area contributed by atoms with Crippen molar-refractivity contribution < 1.29 is 21.2 Å². The largest absolute Gasteiger partial charge is 0.396 e. The van der Waals surface area contributed by atoms with Gasteiger partial charge in [0.15, 0.2) is 15.7 Å². The number of hydrogen-bond acceptors (Lipinski definition) is 5. The fourth-order valence-corrected chi connectivity index (χ4v) is 5.35. The number of halogens is 2. The van der Waals surface area contributed by atoms with Crippen molar-refractivity contribution in [2.75, 3.05) is 30.3 Å². The lowest BCUT2D eigenvalue weighted by Crippen LogP contribution is -2.34. The molecule has 0 radical (unpaired) electrons. The van der Waals surface area contributed by atoms with Crippen LogP contribution in [0.25, 0.3) is 0 Å². The minimum atomic E-state index is -4.18. The van der Waals surface area contributed by atoms with Crippen LogP contribution in [-0.2, 0) is 19.9 Å². The van der Waals surface area contributed by atoms with Crippen molar-refractivity contribution in [2.24, 2.45) is 0 Å². The van der Waals surface area contributed by atoms with Gasteiger partial charge in [0.05, 0.1) is 17.2 Å². The minimum absolute atomic E-state index is 0.00471. The Bertz CT molecular complexity index is 765. The van der Waals surface area contributed by atoms with E-state index in [2.05, 4.69) is 0 Å². The molecule has 2 N–H and O–H groups in total. The summed E-state index contributed by atoms with van der Waals surface area (Å²) < 4.78 is 62.9. The number of hydrogen-bond donors (Lipinski definition) is 1. The molecule has 0 atom stereocenters. The van der Waals surface area contributed by atoms with Crippen molar-refractivity contribution >= 4 is 37.1 Å². The van der Waals surface area contributed by atoms with Gasteiger partial charge in [-0.1, -0.05) is 11.6 Å². The van der Waals surface area contributed by atoms with Gasteiger partial charge in [-0.2, -0.15) is 4.31 Å². The van der Waals surface area contributed by atoms with E-state index in [1.165, 1.54) is 0 Å². The smallest absolute Gasteiger partial charge is 0.246 e. The molecule has 1 aliphatic rings. The summed E-state index contributed by atoms with van der Waals surface area (Å²) in [4.78, 5) is -0.633. The van der Waals surface area contributed by atoms with Gasteiger partial charge in [-0.3, -0.25) is 0 Å². The molecule has 2 rings (SSSR count). The first-order valence-corrected chi connectivity index (χ1v) is 9.72. The van der Waals surface area contributed by atoms with Gasteiger partial charge in [0.2, 0.25) is 10.0 Å². The van der Waals surface area contributed by atoms with Gasteiger partial charge in [-0.05, 0) is 18.6 Å². The SMILES string of the molecule is Nc1cc(Cl)cc(S(=O)(=O)N2CCCS(=O)(=O)CC2)c1F. The third kappa shape index (κ3) is 3.47. The third-order valence-electron chi connectivity index (χ3n) is 3.16. The summed E-state index contributed by atoms with van der Waals surface area (Å²) in [6.45, 7) is -0.204. The highest BCUT2D eigenvalue weighted by Gasteiger charge is 2.31. The molecule has 21 heavy (non-hydrogen) atoms. The Labute approximate surface area is 127 Å². The van der Waals surface area contributed by atoms with Crippen LogP contribution in [0.15, 0.2) is 17.0 Å². The molecular weight excluding hydrogens is 343 g/mol. The van der Waals surface area contributed by atoms with Gasteiger partial charge < -0.3 is 5.73 Å². The van der Waals surface area contributed by atoms with Crippen LogP contribution >= 0.6 is 11.6 Å². The number of sulfone groups is 1. The van der Waals surface area contributed by atoms with Crippen molar-refractivity contribution in [3.05, 3.63) is 23.0 Å². The second kappa shape index (κ2) is 5.71. The van der Waals surface area contributed by atoms with Crippen LogP contribution in [-0.4, -0.2) is 45.7 Å². The molecule has 0 spiro atoms. The Kier molecular flexibility index (Phi) is 4.48. The number of nitrogens with zero attached hydrogens (tertiary/aromatic N) is 1. The van der Waals surface area contributed by atoms with E-state index < -0.39 is 30.6 Å². The van der Waals surface area contributed by atoms with Crippen molar-refractivity contribution in [2.45, 2.75) is 11.3 Å². The van der Waals surface area contributed by atoms with Crippen LogP contribution in [0.3, 0.4) is 0 Å². The predicted octanol–water partition coefficient (Wildman–Crippen LogP) is 0.870. The maximum Gasteiger partial charge on any atom is 0.246 e. The molecule has 0 aromatic heterocycles. The summed E-state index contributed by atoms with van der Waals surface area (Å²) in [5.41, 5.74) is 5.01. The molecule has 1 heterocycles. The first-order valence-electron chi connectivity index (χ1n) is 6.08. The summed E-state index contributed by atoms with van der Waals surface area (Å²) in [5.74, 6) is -1.45. The van der Waals surface area contributed by atoms with E-state index in [0.717, 1.165) is 16.4 Å². The molecule has 6 nitrogen and oxygen atoms in total. The number of nitrogens with two attached hydrogens (primary N) is 1. The Hall–Kier alpha value is -0.900. The monoisotopic (exact) mass is 356 g/mol. The molecule has 0 saturated carbocycles. The minimum Gasteiger partial charge on any atom is -0.396 e. The zero-order valence-corrected chi connectivity index (χ0v) is 13.3. The van der Waals surface area contributed by atoms with E-state index in [0.29, 0.717) is 0 Å². The van der Waals surface area contributed by atoms with Gasteiger partial charge in [0, 0.05) is 18.1 Å². The highest BCUT2D eigenvalue weighted by atomic mass is 35.5. The van der Waals surface area contributed by atoms with Gasteiger partial charge in [0.25, 0.3) is 0 Å². The van der Waals surface area contributed by atoms with E-state index in [1.807, 2.05) is 0 Å². The quantitative estimate of drug-likeness (QED) is 0.793. The molecule has 1 aromatic carbocycles. The summed E-state index contributed by atoms with van der Waals surface area (Å²) in [7, 11) is -7.45. The first-order chi connectivity index (χ1) is 9.63. The van der Waals surface area contributed by atoms with Crippen LogP contribution in [0, 0.1) is 5.82 Å². The zero-order valence-electron chi connectivity index (χ0n) is 10.9. The molecule has 1 aliphatic heterocycles. The Morgan fingerprint density at radius 1 is 1.24 bits per heavy atom. The van der Waals surface area contributed by atoms with E-state index in [4.69, 9.17) is 17.3 Å². The molecule has 10 heteroatoms. The van der Waals surface area contributed by atoms with Crippen LogP contribution in [0.2, 0.25) is 5.02 Å². The molecule has 0 aliphatic carbocycles. The number of benzene rings is 1. The molecule has 1 saturated heterocycles. The fraction of sp³-hybridized carbons (Fsp3) is 0.455. The molecule has 1 fully saturated rings. The molecule has 0 unspecified atom stereocenters. The standard InChI is InChI=1S/C11H14ClFN2O4S2/c12-8-6-9(14)11(13)10(7-8)21(18,19)15-2-1-4-20(16,17)5-3-15/h6-7H,1-5,14H2. The van der Waals surface area contributed by atoms with Crippen LogP contribution < -0.4 is 5.73 Å². The van der Waals surface area contributed by atoms with Crippen LogP contribution in [0.1, 0.15) is 6.42 Å². The van der Waals surface area contributed by atoms with Crippen molar-refractivity contribution in [1.29, 1.82) is 0 Å². The van der Waals surface area contributed by atoms with Crippen molar-refractivity contribution in [3.8, 4) is 0 Å². The van der Waals surface area contributed by atoms with E-state index in [1.54, 1.807) is 0 Å². The summed E-state index contributed by atoms with van der Waals surface area (Å²) in [5, 5.41) is -0.00471. The Morgan fingerprint density at radius 3 is 2.57 bits per heavy atom. The lowest BCUT2D eigenvalue weighted by molar-refractivity contribution is 0.430. The number of anilines is 1. The average molecular weight is 357 g/mol.